The fraction of sp³-hybridized carbons (Fsp3) is 0.185. The molecule has 1 amide bonds. The van der Waals surface area contributed by atoms with Gasteiger partial charge in [0, 0.05) is 28.9 Å². The molecule has 0 spiro atoms. The van der Waals surface area contributed by atoms with Crippen LogP contribution in [0, 0.1) is 5.92 Å². The number of fused-ring (bicyclic) bond motifs is 6. The van der Waals surface area contributed by atoms with Crippen molar-refractivity contribution in [1.82, 2.24) is 0 Å². The summed E-state index contributed by atoms with van der Waals surface area (Å²) in [7, 11) is 1.49. The van der Waals surface area contributed by atoms with Crippen molar-refractivity contribution in [3.8, 4) is 17.2 Å². The van der Waals surface area contributed by atoms with Crippen LogP contribution in [0.1, 0.15) is 39.2 Å². The van der Waals surface area contributed by atoms with Gasteiger partial charge in [-0.2, -0.15) is 0 Å². The first kappa shape index (κ1) is 22.3. The van der Waals surface area contributed by atoms with Crippen molar-refractivity contribution in [3.63, 3.8) is 0 Å². The van der Waals surface area contributed by atoms with E-state index < -0.39 is 35.4 Å². The highest BCUT2D eigenvalue weighted by Crippen LogP contribution is 2.49. The molecule has 2 atom stereocenters. The fourth-order valence-electron chi connectivity index (χ4n) is 4.53. The average molecular weight is 471 g/mol. The SMILES string of the molecule is CCOC(=O)c1ccc2cc1Oc1cc(OC)ccc1C1C(C(=O)c3ccccc3)C(=O)C(=O)N21. The highest BCUT2D eigenvalue weighted by Gasteiger charge is 2.53. The molecule has 5 rings (SSSR count). The van der Waals surface area contributed by atoms with Crippen LogP contribution in [0.3, 0.4) is 0 Å². The van der Waals surface area contributed by atoms with Gasteiger partial charge < -0.3 is 14.2 Å². The van der Waals surface area contributed by atoms with Crippen LogP contribution in [0.4, 0.5) is 5.69 Å². The number of hydrogen-bond donors (Lipinski definition) is 0. The average Bonchev–Trinajstić information content (AvgIpc) is 3.13. The van der Waals surface area contributed by atoms with Gasteiger partial charge in [-0.3, -0.25) is 19.3 Å². The quantitative estimate of drug-likeness (QED) is 0.239. The molecule has 2 heterocycles. The van der Waals surface area contributed by atoms with Crippen LogP contribution in [0.15, 0.2) is 66.7 Å². The number of carbonyl (C=O) groups is 4. The maximum atomic E-state index is 13.5. The van der Waals surface area contributed by atoms with Crippen LogP contribution < -0.4 is 14.4 Å². The maximum Gasteiger partial charge on any atom is 0.341 e. The molecule has 2 aliphatic rings. The van der Waals surface area contributed by atoms with E-state index in [0.717, 1.165) is 0 Å². The molecule has 2 bridgehead atoms. The standard InChI is InChI=1S/C27H21NO7/c1-3-34-27(32)19-11-9-16-13-20(19)35-21-14-17(33-2)10-12-18(21)23-22(25(30)26(31)28(16)23)24(29)15-7-5-4-6-8-15/h4-14,22-23H,3H2,1-2H3. The summed E-state index contributed by atoms with van der Waals surface area (Å²) in [5, 5.41) is 0. The van der Waals surface area contributed by atoms with Crippen molar-refractivity contribution >= 4 is 29.1 Å². The van der Waals surface area contributed by atoms with Crippen molar-refractivity contribution in [3.05, 3.63) is 83.4 Å². The third-order valence-electron chi connectivity index (χ3n) is 6.14. The normalized spacial score (nSPS) is 18.1. The number of nitrogens with zero attached hydrogens (tertiary/aromatic N) is 1. The molecule has 0 radical (unpaired) electrons. The van der Waals surface area contributed by atoms with Crippen LogP contribution >= 0.6 is 0 Å². The van der Waals surface area contributed by atoms with Gasteiger partial charge in [0.15, 0.2) is 5.78 Å². The van der Waals surface area contributed by atoms with Crippen molar-refractivity contribution in [2.45, 2.75) is 13.0 Å². The number of benzene rings is 3. The van der Waals surface area contributed by atoms with E-state index in [-0.39, 0.29) is 23.7 Å². The minimum atomic E-state index is -1.27. The Kier molecular flexibility index (Phi) is 5.56. The largest absolute Gasteiger partial charge is 0.497 e. The summed E-state index contributed by atoms with van der Waals surface area (Å²) in [6.07, 6.45) is 0. The van der Waals surface area contributed by atoms with E-state index in [1.807, 2.05) is 0 Å². The van der Waals surface area contributed by atoms with Gasteiger partial charge in [0.25, 0.3) is 5.91 Å². The van der Waals surface area contributed by atoms with Crippen LogP contribution in [0.2, 0.25) is 0 Å². The smallest absolute Gasteiger partial charge is 0.341 e. The van der Waals surface area contributed by atoms with E-state index in [9.17, 15) is 19.2 Å². The van der Waals surface area contributed by atoms with E-state index in [4.69, 9.17) is 14.2 Å². The number of anilines is 1. The lowest BCUT2D eigenvalue weighted by molar-refractivity contribution is -0.135. The predicted molar refractivity (Wildman–Crippen MR) is 125 cm³/mol. The summed E-state index contributed by atoms with van der Waals surface area (Å²) in [6, 6.07) is 16.9. The molecule has 1 saturated heterocycles. The first-order valence-electron chi connectivity index (χ1n) is 11.1. The molecular formula is C27H21NO7. The molecule has 176 valence electrons. The molecule has 8 nitrogen and oxygen atoms in total. The third-order valence-corrected chi connectivity index (χ3v) is 6.14. The fourth-order valence-corrected chi connectivity index (χ4v) is 4.53. The summed E-state index contributed by atoms with van der Waals surface area (Å²) in [5.74, 6) is -3.04. The number of methoxy groups -OCH3 is 1. The second kappa shape index (κ2) is 8.72. The second-order valence-electron chi connectivity index (χ2n) is 8.10. The summed E-state index contributed by atoms with van der Waals surface area (Å²) in [5.41, 5.74) is 1.27. The Balaban J connectivity index is 1.72. The van der Waals surface area contributed by atoms with Crippen molar-refractivity contribution in [2.75, 3.05) is 18.6 Å². The molecule has 2 unspecified atom stereocenters. The number of ketones is 2. The van der Waals surface area contributed by atoms with Gasteiger partial charge in [0.1, 0.15) is 28.7 Å². The van der Waals surface area contributed by atoms with Crippen LogP contribution in [0.25, 0.3) is 0 Å². The third kappa shape index (κ3) is 3.63. The first-order valence-corrected chi connectivity index (χ1v) is 11.1. The van der Waals surface area contributed by atoms with Crippen LogP contribution in [-0.4, -0.2) is 37.2 Å². The maximum absolute atomic E-state index is 13.5. The first-order chi connectivity index (χ1) is 16.9. The number of esters is 1. The number of rotatable bonds is 5. The highest BCUT2D eigenvalue weighted by molar-refractivity contribution is 6.49. The van der Waals surface area contributed by atoms with Gasteiger partial charge in [-0.25, -0.2) is 4.79 Å². The number of Topliss-reactive ketones (excluding diaryl/α,β-unsaturated/α-hetero) is 2. The zero-order valence-corrected chi connectivity index (χ0v) is 19.0. The van der Waals surface area contributed by atoms with Gasteiger partial charge in [-0.05, 0) is 31.2 Å². The Morgan fingerprint density at radius 1 is 0.971 bits per heavy atom. The number of ether oxygens (including phenoxy) is 3. The van der Waals surface area contributed by atoms with Gasteiger partial charge in [0.2, 0.25) is 5.78 Å². The molecule has 2 aliphatic heterocycles. The summed E-state index contributed by atoms with van der Waals surface area (Å²) in [4.78, 5) is 53.9. The van der Waals surface area contributed by atoms with Crippen molar-refractivity contribution in [1.29, 1.82) is 0 Å². The Morgan fingerprint density at radius 2 is 1.74 bits per heavy atom. The minimum absolute atomic E-state index is 0.159. The monoisotopic (exact) mass is 471 g/mol. The summed E-state index contributed by atoms with van der Waals surface area (Å²) in [6.45, 7) is 1.87. The zero-order chi connectivity index (χ0) is 24.7. The molecule has 0 aliphatic carbocycles. The van der Waals surface area contributed by atoms with Crippen LogP contribution in [-0.2, 0) is 14.3 Å². The van der Waals surface area contributed by atoms with E-state index in [2.05, 4.69) is 0 Å². The van der Waals surface area contributed by atoms with E-state index in [0.29, 0.717) is 22.6 Å². The predicted octanol–water partition coefficient (Wildman–Crippen LogP) is 4.13. The molecule has 35 heavy (non-hydrogen) atoms. The highest BCUT2D eigenvalue weighted by atomic mass is 16.5. The van der Waals surface area contributed by atoms with Gasteiger partial charge in [-0.15, -0.1) is 0 Å². The minimum Gasteiger partial charge on any atom is -0.497 e. The molecule has 0 aromatic heterocycles. The molecule has 0 N–H and O–H groups in total. The zero-order valence-electron chi connectivity index (χ0n) is 19.0. The van der Waals surface area contributed by atoms with Crippen molar-refractivity contribution in [2.24, 2.45) is 5.92 Å². The Morgan fingerprint density at radius 3 is 2.46 bits per heavy atom. The lowest BCUT2D eigenvalue weighted by atomic mass is 9.85. The Labute approximate surface area is 201 Å². The number of hydrogen-bond acceptors (Lipinski definition) is 7. The molecule has 8 heteroatoms. The number of carbonyl (C=O) groups excluding carboxylic acids is 4. The van der Waals surface area contributed by atoms with Gasteiger partial charge in [-0.1, -0.05) is 30.3 Å². The molecule has 3 aromatic carbocycles. The van der Waals surface area contributed by atoms with E-state index in [1.165, 1.54) is 24.1 Å². The van der Waals surface area contributed by atoms with Crippen LogP contribution in [0.5, 0.6) is 17.2 Å². The number of amides is 1. The Bertz CT molecular complexity index is 1370. The van der Waals surface area contributed by atoms with Crippen molar-refractivity contribution < 1.29 is 33.4 Å². The van der Waals surface area contributed by atoms with E-state index in [1.54, 1.807) is 61.5 Å². The lowest BCUT2D eigenvalue weighted by Gasteiger charge is -2.31. The molecular weight excluding hydrogens is 450 g/mol. The van der Waals surface area contributed by atoms with Gasteiger partial charge in [0.05, 0.1) is 19.8 Å². The summed E-state index contributed by atoms with van der Waals surface area (Å²) >= 11 is 0. The topological polar surface area (TPSA) is 99.2 Å². The lowest BCUT2D eigenvalue weighted by Crippen LogP contribution is -2.31. The van der Waals surface area contributed by atoms with E-state index >= 15 is 0 Å². The second-order valence-corrected chi connectivity index (χ2v) is 8.10. The molecule has 1 fully saturated rings. The molecule has 0 saturated carbocycles. The van der Waals surface area contributed by atoms with Gasteiger partial charge >= 0.3 is 5.97 Å². The summed E-state index contributed by atoms with van der Waals surface area (Å²) < 4.78 is 16.6. The Hall–Kier alpha value is -4.46. The molecule has 3 aromatic rings.